The van der Waals surface area contributed by atoms with E-state index in [4.69, 9.17) is 0 Å². The predicted octanol–water partition coefficient (Wildman–Crippen LogP) is 4.89. The fourth-order valence-electron chi connectivity index (χ4n) is 1.92. The maximum Gasteiger partial charge on any atom is 0.145 e. The molecule has 1 nitrogen and oxygen atoms in total. The zero-order chi connectivity index (χ0) is 14.7. The predicted molar refractivity (Wildman–Crippen MR) is 81.5 cm³/mol. The van der Waals surface area contributed by atoms with Crippen LogP contribution in [-0.4, -0.2) is 6.04 Å². The van der Waals surface area contributed by atoms with E-state index >= 15 is 0 Å². The molecule has 2 aromatic carbocycles. The van der Waals surface area contributed by atoms with Gasteiger partial charge in [0.05, 0.1) is 4.47 Å². The molecule has 0 bridgehead atoms. The summed E-state index contributed by atoms with van der Waals surface area (Å²) in [5.41, 5.74) is 1.48. The minimum Gasteiger partial charge on any atom is -0.310 e. The zero-order valence-corrected chi connectivity index (χ0v) is 13.0. The van der Waals surface area contributed by atoms with Crippen molar-refractivity contribution in [1.29, 1.82) is 0 Å². The maximum absolute atomic E-state index is 14.1. The average Bonchev–Trinajstić information content (AvgIpc) is 2.41. The topological polar surface area (TPSA) is 12.0 Å². The molecule has 0 heterocycles. The Kier molecular flexibility index (Phi) is 4.89. The second kappa shape index (κ2) is 6.46. The minimum atomic E-state index is -0.444. The largest absolute Gasteiger partial charge is 0.310 e. The van der Waals surface area contributed by atoms with Crippen LogP contribution in [0.4, 0.5) is 8.78 Å². The highest BCUT2D eigenvalue weighted by Gasteiger charge is 2.13. The van der Waals surface area contributed by atoms with Crippen LogP contribution in [0.5, 0.6) is 0 Å². The van der Waals surface area contributed by atoms with E-state index in [1.165, 1.54) is 6.07 Å². The molecule has 0 saturated heterocycles. The number of halogens is 3. The number of hydrogen-bond acceptors (Lipinski definition) is 1. The van der Waals surface area contributed by atoms with E-state index in [1.54, 1.807) is 30.3 Å². The third kappa shape index (κ3) is 3.44. The molecule has 0 saturated carbocycles. The number of hydrogen-bond donors (Lipinski definition) is 1. The maximum atomic E-state index is 14.1. The monoisotopic (exact) mass is 339 g/mol. The van der Waals surface area contributed by atoms with Gasteiger partial charge in [-0.2, -0.15) is 0 Å². The lowest BCUT2D eigenvalue weighted by Crippen LogP contribution is -2.21. The first-order valence-electron chi connectivity index (χ1n) is 6.45. The zero-order valence-electron chi connectivity index (χ0n) is 11.4. The van der Waals surface area contributed by atoms with Gasteiger partial charge in [-0.05, 0) is 39.7 Å². The molecule has 0 aliphatic heterocycles. The van der Waals surface area contributed by atoms with Gasteiger partial charge in [-0.25, -0.2) is 8.78 Å². The van der Waals surface area contributed by atoms with Crippen molar-refractivity contribution in [3.05, 3.63) is 58.1 Å². The highest BCUT2D eigenvalue weighted by molar-refractivity contribution is 9.10. The van der Waals surface area contributed by atoms with Crippen LogP contribution >= 0.6 is 15.9 Å². The molecule has 0 aliphatic rings. The number of benzene rings is 2. The number of nitrogens with one attached hydrogen (secondary N) is 1. The molecule has 0 aromatic heterocycles. The van der Waals surface area contributed by atoms with Crippen molar-refractivity contribution in [3.8, 4) is 11.1 Å². The fourth-order valence-corrected chi connectivity index (χ4v) is 2.29. The Hall–Kier alpha value is -1.26. The summed E-state index contributed by atoms with van der Waals surface area (Å²) in [7, 11) is 0. The quantitative estimate of drug-likeness (QED) is 0.835. The van der Waals surface area contributed by atoms with E-state index in [0.29, 0.717) is 17.1 Å². The van der Waals surface area contributed by atoms with Gasteiger partial charge in [-0.3, -0.25) is 0 Å². The SMILES string of the molecule is CC(C)NCc1ccc(F)c(-c2cccc(Br)c2F)c1. The van der Waals surface area contributed by atoms with Crippen LogP contribution in [0.1, 0.15) is 19.4 Å². The van der Waals surface area contributed by atoms with Gasteiger partial charge < -0.3 is 5.32 Å². The molecular formula is C16H16BrF2N. The molecule has 0 aliphatic carbocycles. The minimum absolute atomic E-state index is 0.267. The molecule has 20 heavy (non-hydrogen) atoms. The summed E-state index contributed by atoms with van der Waals surface area (Å²) in [6, 6.07) is 10.00. The summed E-state index contributed by atoms with van der Waals surface area (Å²) in [5.74, 6) is -0.865. The highest BCUT2D eigenvalue weighted by atomic mass is 79.9. The smallest absolute Gasteiger partial charge is 0.145 e. The number of rotatable bonds is 4. The Morgan fingerprint density at radius 2 is 1.85 bits per heavy atom. The summed E-state index contributed by atoms with van der Waals surface area (Å²) in [4.78, 5) is 0. The van der Waals surface area contributed by atoms with Crippen LogP contribution in [0.2, 0.25) is 0 Å². The van der Waals surface area contributed by atoms with Gasteiger partial charge in [-0.15, -0.1) is 0 Å². The van der Waals surface area contributed by atoms with Crippen LogP contribution in [0, 0.1) is 11.6 Å². The molecule has 0 atom stereocenters. The second-order valence-corrected chi connectivity index (χ2v) is 5.81. The van der Waals surface area contributed by atoms with Crippen molar-refractivity contribution < 1.29 is 8.78 Å². The summed E-state index contributed by atoms with van der Waals surface area (Å²) in [5, 5.41) is 3.26. The summed E-state index contributed by atoms with van der Waals surface area (Å²) >= 11 is 3.13. The van der Waals surface area contributed by atoms with E-state index < -0.39 is 11.6 Å². The van der Waals surface area contributed by atoms with E-state index in [-0.39, 0.29) is 11.1 Å². The standard InChI is InChI=1S/C16H16BrF2N/c1-10(2)20-9-11-6-7-15(18)13(8-11)12-4-3-5-14(17)16(12)19/h3-8,10,20H,9H2,1-2H3. The molecule has 4 heteroatoms. The average molecular weight is 340 g/mol. The third-order valence-corrected chi connectivity index (χ3v) is 3.60. The van der Waals surface area contributed by atoms with Gasteiger partial charge in [0, 0.05) is 23.7 Å². The lowest BCUT2D eigenvalue weighted by atomic mass is 10.0. The van der Waals surface area contributed by atoms with Crippen molar-refractivity contribution >= 4 is 15.9 Å². The van der Waals surface area contributed by atoms with E-state index in [0.717, 1.165) is 5.56 Å². The van der Waals surface area contributed by atoms with Crippen LogP contribution in [0.3, 0.4) is 0 Å². The molecular weight excluding hydrogens is 324 g/mol. The Morgan fingerprint density at radius 1 is 1.10 bits per heavy atom. The molecule has 0 spiro atoms. The first-order valence-corrected chi connectivity index (χ1v) is 7.24. The van der Waals surface area contributed by atoms with Crippen molar-refractivity contribution in [2.45, 2.75) is 26.4 Å². The fraction of sp³-hybridized carbons (Fsp3) is 0.250. The summed E-state index contributed by atoms with van der Waals surface area (Å²) in [6.45, 7) is 4.71. The molecule has 2 rings (SSSR count). The Bertz CT molecular complexity index is 611. The second-order valence-electron chi connectivity index (χ2n) is 4.95. The van der Waals surface area contributed by atoms with Gasteiger partial charge in [0.2, 0.25) is 0 Å². The molecule has 2 aromatic rings. The van der Waals surface area contributed by atoms with Gasteiger partial charge in [-0.1, -0.05) is 32.0 Å². The van der Waals surface area contributed by atoms with Gasteiger partial charge in [0.1, 0.15) is 11.6 Å². The first-order chi connectivity index (χ1) is 9.49. The van der Waals surface area contributed by atoms with E-state index in [9.17, 15) is 8.78 Å². The Morgan fingerprint density at radius 3 is 2.55 bits per heavy atom. The molecule has 106 valence electrons. The van der Waals surface area contributed by atoms with Crippen molar-refractivity contribution in [1.82, 2.24) is 5.32 Å². The molecule has 0 amide bonds. The summed E-state index contributed by atoms with van der Waals surface area (Å²) < 4.78 is 28.4. The van der Waals surface area contributed by atoms with Crippen LogP contribution in [0.15, 0.2) is 40.9 Å². The Labute approximate surface area is 126 Å². The lowest BCUT2D eigenvalue weighted by Gasteiger charge is -2.11. The van der Waals surface area contributed by atoms with Gasteiger partial charge in [0.15, 0.2) is 0 Å². The highest BCUT2D eigenvalue weighted by Crippen LogP contribution is 2.30. The van der Waals surface area contributed by atoms with Crippen molar-refractivity contribution in [2.75, 3.05) is 0 Å². The normalized spacial score (nSPS) is 11.1. The molecule has 0 radical (unpaired) electrons. The third-order valence-electron chi connectivity index (χ3n) is 2.99. The molecule has 0 fully saturated rings. The van der Waals surface area contributed by atoms with E-state index in [2.05, 4.69) is 21.2 Å². The van der Waals surface area contributed by atoms with Gasteiger partial charge in [0.25, 0.3) is 0 Å². The van der Waals surface area contributed by atoms with Crippen molar-refractivity contribution in [2.24, 2.45) is 0 Å². The van der Waals surface area contributed by atoms with E-state index in [1.807, 2.05) is 13.8 Å². The first kappa shape index (κ1) is 15.1. The Balaban J connectivity index is 2.40. The van der Waals surface area contributed by atoms with Crippen LogP contribution in [-0.2, 0) is 6.54 Å². The molecule has 1 N–H and O–H groups in total. The van der Waals surface area contributed by atoms with Crippen LogP contribution in [0.25, 0.3) is 11.1 Å². The van der Waals surface area contributed by atoms with Crippen LogP contribution < -0.4 is 5.32 Å². The summed E-state index contributed by atoms with van der Waals surface area (Å²) in [6.07, 6.45) is 0. The van der Waals surface area contributed by atoms with Gasteiger partial charge >= 0.3 is 0 Å². The molecule has 0 unspecified atom stereocenters. The van der Waals surface area contributed by atoms with Crippen molar-refractivity contribution in [3.63, 3.8) is 0 Å². The lowest BCUT2D eigenvalue weighted by molar-refractivity contribution is 0.586.